The van der Waals surface area contributed by atoms with Crippen LogP contribution in [0, 0.1) is 6.92 Å². The van der Waals surface area contributed by atoms with Crippen LogP contribution in [0.5, 0.6) is 0 Å². The quantitative estimate of drug-likeness (QED) is 0.639. The fourth-order valence-electron chi connectivity index (χ4n) is 2.46. The highest BCUT2D eigenvalue weighted by Crippen LogP contribution is 2.23. The van der Waals surface area contributed by atoms with E-state index in [1.54, 1.807) is 12.1 Å². The Hall–Kier alpha value is -0.730. The van der Waals surface area contributed by atoms with Gasteiger partial charge < -0.3 is 5.32 Å². The topological polar surface area (TPSA) is 29.1 Å². The highest BCUT2D eigenvalue weighted by atomic mass is 35.5. The second-order valence-corrected chi connectivity index (χ2v) is 6.17. The number of benzene rings is 1. The Morgan fingerprint density at radius 3 is 2.74 bits per heavy atom. The summed E-state index contributed by atoms with van der Waals surface area (Å²) in [5.74, 6) is -0.0580. The zero-order valence-electron chi connectivity index (χ0n) is 11.1. The van der Waals surface area contributed by atoms with Crippen LogP contribution < -0.4 is 5.32 Å². The summed E-state index contributed by atoms with van der Waals surface area (Å²) in [7, 11) is 0. The van der Waals surface area contributed by atoms with E-state index in [0.717, 1.165) is 31.2 Å². The van der Waals surface area contributed by atoms with Crippen LogP contribution in [0.15, 0.2) is 18.2 Å². The lowest BCUT2D eigenvalue weighted by Gasteiger charge is -2.21. The molecule has 1 aromatic carbocycles. The molecule has 1 N–H and O–H groups in total. The molecule has 0 aliphatic heterocycles. The number of carbonyl (C=O) groups excluding carboxylic acids is 1. The van der Waals surface area contributed by atoms with E-state index >= 15 is 0 Å². The molecule has 1 aliphatic carbocycles. The highest BCUT2D eigenvalue weighted by molar-refractivity contribution is 6.31. The predicted molar refractivity (Wildman–Crippen MR) is 80.2 cm³/mol. The molecule has 2 nitrogen and oxygen atoms in total. The number of hydrogen-bond donors (Lipinski definition) is 1. The molecule has 0 radical (unpaired) electrons. The molecule has 1 aliphatic rings. The van der Waals surface area contributed by atoms with Gasteiger partial charge in [0.1, 0.15) is 0 Å². The van der Waals surface area contributed by atoms with Crippen LogP contribution in [-0.2, 0) is 0 Å². The van der Waals surface area contributed by atoms with Gasteiger partial charge in [0.25, 0.3) is 5.91 Å². The van der Waals surface area contributed by atoms with Crippen LogP contribution in [0.2, 0.25) is 5.02 Å². The first kappa shape index (κ1) is 14.7. The van der Waals surface area contributed by atoms with Crippen molar-refractivity contribution in [1.82, 2.24) is 5.32 Å². The Morgan fingerprint density at radius 2 is 2.00 bits per heavy atom. The molecule has 0 saturated heterocycles. The Bertz CT molecular complexity index is 461. The molecule has 0 spiro atoms. The molecule has 2 unspecified atom stereocenters. The van der Waals surface area contributed by atoms with E-state index in [9.17, 15) is 4.79 Å². The van der Waals surface area contributed by atoms with E-state index in [0.29, 0.717) is 10.6 Å². The minimum absolute atomic E-state index is 0.0415. The molecular weight excluding hydrogens is 281 g/mol. The fourth-order valence-corrected chi connectivity index (χ4v) is 2.92. The maximum Gasteiger partial charge on any atom is 0.251 e. The minimum atomic E-state index is -0.0580. The van der Waals surface area contributed by atoms with E-state index in [2.05, 4.69) is 5.32 Å². The summed E-state index contributed by atoms with van der Waals surface area (Å²) in [6.45, 7) is 1.90. The van der Waals surface area contributed by atoms with Crippen LogP contribution in [0.25, 0.3) is 0 Å². The maximum absolute atomic E-state index is 12.2. The number of alkyl halides is 1. The predicted octanol–water partition coefficient (Wildman–Crippen LogP) is 4.32. The SMILES string of the molecule is Cc1cc(C(=O)NC2CCCCCC2Cl)ccc1Cl. The summed E-state index contributed by atoms with van der Waals surface area (Å²) in [5.41, 5.74) is 1.56. The summed E-state index contributed by atoms with van der Waals surface area (Å²) in [6, 6.07) is 5.41. The van der Waals surface area contributed by atoms with Gasteiger partial charge in [0.05, 0.1) is 5.38 Å². The van der Waals surface area contributed by atoms with Crippen molar-refractivity contribution in [2.75, 3.05) is 0 Å². The summed E-state index contributed by atoms with van der Waals surface area (Å²) in [5, 5.41) is 3.78. The second kappa shape index (κ2) is 6.62. The number of hydrogen-bond acceptors (Lipinski definition) is 1. The molecule has 1 saturated carbocycles. The molecule has 4 heteroatoms. The van der Waals surface area contributed by atoms with E-state index in [-0.39, 0.29) is 17.3 Å². The van der Waals surface area contributed by atoms with Crippen molar-refractivity contribution in [2.24, 2.45) is 0 Å². The molecule has 19 heavy (non-hydrogen) atoms. The van der Waals surface area contributed by atoms with Gasteiger partial charge in [0.2, 0.25) is 0 Å². The normalized spacial score (nSPS) is 23.7. The first-order valence-corrected chi connectivity index (χ1v) is 7.60. The van der Waals surface area contributed by atoms with Gasteiger partial charge >= 0.3 is 0 Å². The molecule has 0 aromatic heterocycles. The standard InChI is InChI=1S/C15H19Cl2NO/c1-10-9-11(7-8-12(10)16)15(19)18-14-6-4-2-3-5-13(14)17/h7-9,13-14H,2-6H2,1H3,(H,18,19). The lowest BCUT2D eigenvalue weighted by molar-refractivity contribution is 0.0934. The minimum Gasteiger partial charge on any atom is -0.348 e. The average molecular weight is 300 g/mol. The third kappa shape index (κ3) is 3.87. The number of aryl methyl sites for hydroxylation is 1. The van der Waals surface area contributed by atoms with Crippen LogP contribution in [0.4, 0.5) is 0 Å². The van der Waals surface area contributed by atoms with Crippen molar-refractivity contribution in [3.8, 4) is 0 Å². The first-order chi connectivity index (χ1) is 9.08. The zero-order valence-corrected chi connectivity index (χ0v) is 12.6. The van der Waals surface area contributed by atoms with Crippen molar-refractivity contribution in [2.45, 2.75) is 50.4 Å². The molecule has 1 aromatic rings. The van der Waals surface area contributed by atoms with Gasteiger partial charge in [-0.25, -0.2) is 0 Å². The third-order valence-corrected chi connectivity index (χ3v) is 4.61. The van der Waals surface area contributed by atoms with Gasteiger partial charge in [0, 0.05) is 16.6 Å². The van der Waals surface area contributed by atoms with Crippen LogP contribution in [0.3, 0.4) is 0 Å². The number of halogens is 2. The number of nitrogens with one attached hydrogen (secondary N) is 1. The van der Waals surface area contributed by atoms with Crippen molar-refractivity contribution in [3.63, 3.8) is 0 Å². The summed E-state index contributed by atoms with van der Waals surface area (Å²) in [4.78, 5) is 12.2. The largest absolute Gasteiger partial charge is 0.348 e. The van der Waals surface area contributed by atoms with Gasteiger partial charge in [-0.3, -0.25) is 4.79 Å². The number of rotatable bonds is 2. The van der Waals surface area contributed by atoms with E-state index in [1.807, 2.05) is 13.0 Å². The second-order valence-electron chi connectivity index (χ2n) is 5.20. The van der Waals surface area contributed by atoms with Gasteiger partial charge in [-0.15, -0.1) is 11.6 Å². The van der Waals surface area contributed by atoms with Crippen molar-refractivity contribution < 1.29 is 4.79 Å². The van der Waals surface area contributed by atoms with E-state index < -0.39 is 0 Å². The van der Waals surface area contributed by atoms with Crippen molar-refractivity contribution in [1.29, 1.82) is 0 Å². The van der Waals surface area contributed by atoms with Crippen LogP contribution in [0.1, 0.15) is 48.0 Å². The molecule has 1 fully saturated rings. The first-order valence-electron chi connectivity index (χ1n) is 6.79. The van der Waals surface area contributed by atoms with E-state index in [4.69, 9.17) is 23.2 Å². The zero-order chi connectivity index (χ0) is 13.8. The van der Waals surface area contributed by atoms with Crippen molar-refractivity contribution in [3.05, 3.63) is 34.3 Å². The molecule has 2 atom stereocenters. The maximum atomic E-state index is 12.2. The summed E-state index contributed by atoms with van der Waals surface area (Å²) < 4.78 is 0. The Morgan fingerprint density at radius 1 is 1.26 bits per heavy atom. The smallest absolute Gasteiger partial charge is 0.251 e. The number of amides is 1. The van der Waals surface area contributed by atoms with E-state index in [1.165, 1.54) is 6.42 Å². The lowest BCUT2D eigenvalue weighted by Crippen LogP contribution is -2.40. The lowest BCUT2D eigenvalue weighted by atomic mass is 10.1. The Labute approximate surface area is 124 Å². The Balaban J connectivity index is 2.05. The monoisotopic (exact) mass is 299 g/mol. The van der Waals surface area contributed by atoms with Crippen LogP contribution >= 0.6 is 23.2 Å². The van der Waals surface area contributed by atoms with Crippen molar-refractivity contribution >= 4 is 29.1 Å². The third-order valence-electron chi connectivity index (χ3n) is 3.67. The molecule has 104 valence electrons. The van der Waals surface area contributed by atoms with Gasteiger partial charge in [-0.2, -0.15) is 0 Å². The highest BCUT2D eigenvalue weighted by Gasteiger charge is 2.23. The average Bonchev–Trinajstić information content (AvgIpc) is 2.58. The van der Waals surface area contributed by atoms with Gasteiger partial charge in [-0.1, -0.05) is 30.9 Å². The summed E-state index contributed by atoms with van der Waals surface area (Å²) >= 11 is 12.3. The molecular formula is C15H19Cl2NO. The fraction of sp³-hybridized carbons (Fsp3) is 0.533. The van der Waals surface area contributed by atoms with Gasteiger partial charge in [-0.05, 0) is 43.5 Å². The molecule has 0 bridgehead atoms. The Kier molecular flexibility index (Phi) is 5.12. The van der Waals surface area contributed by atoms with Crippen LogP contribution in [-0.4, -0.2) is 17.3 Å². The molecule has 0 heterocycles. The molecule has 2 rings (SSSR count). The number of carbonyl (C=O) groups is 1. The molecule has 1 amide bonds. The summed E-state index contributed by atoms with van der Waals surface area (Å²) in [6.07, 6.45) is 5.43. The van der Waals surface area contributed by atoms with Gasteiger partial charge in [0.15, 0.2) is 0 Å².